The third-order valence-corrected chi connectivity index (χ3v) is 5.98. The van der Waals surface area contributed by atoms with E-state index in [1.54, 1.807) is 0 Å². The molecule has 0 heterocycles. The highest BCUT2D eigenvalue weighted by Crippen LogP contribution is 2.46. The Labute approximate surface area is 129 Å². The SMILES string of the molecule is C=CC(SSC(C=C)c1ccccc1)c1ccccc1. The lowest BCUT2D eigenvalue weighted by Gasteiger charge is -2.16. The summed E-state index contributed by atoms with van der Waals surface area (Å²) in [5.41, 5.74) is 2.58. The fourth-order valence-corrected chi connectivity index (χ4v) is 4.66. The molecule has 2 rings (SSSR count). The van der Waals surface area contributed by atoms with Gasteiger partial charge in [-0.2, -0.15) is 0 Å². The van der Waals surface area contributed by atoms with Gasteiger partial charge in [0.2, 0.25) is 0 Å². The van der Waals surface area contributed by atoms with Gasteiger partial charge in [-0.15, -0.1) is 13.2 Å². The molecule has 0 radical (unpaired) electrons. The molecule has 0 spiro atoms. The molecule has 0 aliphatic carbocycles. The molecule has 20 heavy (non-hydrogen) atoms. The van der Waals surface area contributed by atoms with Gasteiger partial charge in [-0.3, -0.25) is 0 Å². The van der Waals surface area contributed by atoms with Gasteiger partial charge >= 0.3 is 0 Å². The van der Waals surface area contributed by atoms with Crippen LogP contribution in [-0.2, 0) is 0 Å². The summed E-state index contributed by atoms with van der Waals surface area (Å²) in [5.74, 6) is 0. The molecule has 2 aromatic rings. The molecule has 0 bridgehead atoms. The molecule has 2 aromatic carbocycles. The molecular formula is C18H18S2. The van der Waals surface area contributed by atoms with Crippen molar-refractivity contribution in [3.8, 4) is 0 Å². The Balaban J connectivity index is 2.02. The van der Waals surface area contributed by atoms with Gasteiger partial charge in [-0.25, -0.2) is 0 Å². The van der Waals surface area contributed by atoms with Crippen molar-refractivity contribution in [1.82, 2.24) is 0 Å². The van der Waals surface area contributed by atoms with Crippen molar-refractivity contribution in [2.45, 2.75) is 10.5 Å². The van der Waals surface area contributed by atoms with E-state index in [1.165, 1.54) is 11.1 Å². The van der Waals surface area contributed by atoms with E-state index in [1.807, 2.05) is 45.9 Å². The van der Waals surface area contributed by atoms with Crippen LogP contribution < -0.4 is 0 Å². The standard InChI is InChI=1S/C18H18S2/c1-3-17(15-11-7-5-8-12-15)19-20-18(4-2)16-13-9-6-10-14-16/h3-14,17-18H,1-2H2. The van der Waals surface area contributed by atoms with Gasteiger partial charge in [0, 0.05) is 0 Å². The predicted octanol–water partition coefficient (Wildman–Crippen LogP) is 6.22. The molecule has 2 atom stereocenters. The number of hydrogen-bond acceptors (Lipinski definition) is 2. The van der Waals surface area contributed by atoms with Crippen molar-refractivity contribution in [3.05, 3.63) is 97.1 Å². The average molecular weight is 298 g/mol. The summed E-state index contributed by atoms with van der Waals surface area (Å²) < 4.78 is 0. The highest BCUT2D eigenvalue weighted by atomic mass is 33.1. The van der Waals surface area contributed by atoms with E-state index in [4.69, 9.17) is 0 Å². The topological polar surface area (TPSA) is 0 Å². The minimum absolute atomic E-state index is 0.298. The Morgan fingerprint density at radius 3 is 1.30 bits per heavy atom. The number of benzene rings is 2. The minimum Gasteiger partial charge on any atom is -0.102 e. The number of rotatable bonds is 7. The second kappa shape index (κ2) is 8.03. The lowest BCUT2D eigenvalue weighted by molar-refractivity contribution is 1.23. The van der Waals surface area contributed by atoms with Crippen LogP contribution in [0.4, 0.5) is 0 Å². The fourth-order valence-electron chi connectivity index (χ4n) is 1.87. The fraction of sp³-hybridized carbons (Fsp3) is 0.111. The van der Waals surface area contributed by atoms with Crippen LogP contribution in [0.15, 0.2) is 86.0 Å². The van der Waals surface area contributed by atoms with E-state index in [-0.39, 0.29) is 0 Å². The predicted molar refractivity (Wildman–Crippen MR) is 93.9 cm³/mol. The summed E-state index contributed by atoms with van der Waals surface area (Å²) in [7, 11) is 3.66. The summed E-state index contributed by atoms with van der Waals surface area (Å²) in [6.45, 7) is 7.91. The molecule has 0 N–H and O–H groups in total. The molecule has 0 aliphatic heterocycles. The van der Waals surface area contributed by atoms with Gasteiger partial charge < -0.3 is 0 Å². The Hall–Kier alpha value is -1.38. The van der Waals surface area contributed by atoms with Crippen LogP contribution in [0.3, 0.4) is 0 Å². The summed E-state index contributed by atoms with van der Waals surface area (Å²) in [6, 6.07) is 20.9. The van der Waals surface area contributed by atoms with Crippen molar-refractivity contribution in [2.75, 3.05) is 0 Å². The zero-order valence-corrected chi connectivity index (χ0v) is 12.9. The highest BCUT2D eigenvalue weighted by Gasteiger charge is 2.13. The van der Waals surface area contributed by atoms with E-state index in [0.29, 0.717) is 10.5 Å². The third-order valence-electron chi connectivity index (χ3n) is 2.95. The highest BCUT2D eigenvalue weighted by molar-refractivity contribution is 8.76. The van der Waals surface area contributed by atoms with E-state index in [0.717, 1.165) is 0 Å². The normalized spacial score (nSPS) is 13.4. The summed E-state index contributed by atoms with van der Waals surface area (Å²) in [6.07, 6.45) is 4.00. The van der Waals surface area contributed by atoms with Gasteiger partial charge in [-0.05, 0) is 11.1 Å². The van der Waals surface area contributed by atoms with Gasteiger partial charge in [0.05, 0.1) is 10.5 Å². The molecule has 102 valence electrons. The molecule has 0 saturated heterocycles. The summed E-state index contributed by atoms with van der Waals surface area (Å²) in [4.78, 5) is 0. The Morgan fingerprint density at radius 1 is 0.650 bits per heavy atom. The first-order valence-electron chi connectivity index (χ1n) is 6.52. The zero-order valence-electron chi connectivity index (χ0n) is 11.3. The largest absolute Gasteiger partial charge is 0.102 e. The van der Waals surface area contributed by atoms with E-state index in [9.17, 15) is 0 Å². The van der Waals surface area contributed by atoms with E-state index < -0.39 is 0 Å². The van der Waals surface area contributed by atoms with Crippen molar-refractivity contribution < 1.29 is 0 Å². The Morgan fingerprint density at radius 2 is 1.00 bits per heavy atom. The van der Waals surface area contributed by atoms with Gasteiger partial charge in [0.15, 0.2) is 0 Å². The molecule has 0 fully saturated rings. The first kappa shape index (κ1) is 15.0. The lowest BCUT2D eigenvalue weighted by Crippen LogP contribution is -1.90. The summed E-state index contributed by atoms with van der Waals surface area (Å²) in [5, 5.41) is 0.597. The Kier molecular flexibility index (Phi) is 6.03. The van der Waals surface area contributed by atoms with Crippen LogP contribution in [0, 0.1) is 0 Å². The van der Waals surface area contributed by atoms with Crippen LogP contribution in [0.25, 0.3) is 0 Å². The van der Waals surface area contributed by atoms with E-state index in [2.05, 4.69) is 61.7 Å². The Bertz CT molecular complexity index is 482. The monoisotopic (exact) mass is 298 g/mol. The zero-order chi connectivity index (χ0) is 14.2. The molecular weight excluding hydrogens is 280 g/mol. The average Bonchev–Trinajstić information content (AvgIpc) is 2.53. The maximum absolute atomic E-state index is 3.95. The number of hydrogen-bond donors (Lipinski definition) is 0. The smallest absolute Gasteiger partial charge is 0.0578 e. The van der Waals surface area contributed by atoms with E-state index >= 15 is 0 Å². The van der Waals surface area contributed by atoms with Crippen molar-refractivity contribution in [3.63, 3.8) is 0 Å². The van der Waals surface area contributed by atoms with Crippen LogP contribution in [0.1, 0.15) is 21.6 Å². The first-order valence-corrected chi connectivity index (χ1v) is 8.80. The maximum Gasteiger partial charge on any atom is 0.0578 e. The van der Waals surface area contributed by atoms with Gasteiger partial charge in [-0.1, -0.05) is 94.4 Å². The molecule has 0 saturated carbocycles. The van der Waals surface area contributed by atoms with Crippen LogP contribution in [0.5, 0.6) is 0 Å². The summed E-state index contributed by atoms with van der Waals surface area (Å²) >= 11 is 0. The van der Waals surface area contributed by atoms with Crippen molar-refractivity contribution in [1.29, 1.82) is 0 Å². The molecule has 2 unspecified atom stereocenters. The second-order valence-electron chi connectivity index (χ2n) is 4.33. The molecule has 0 aliphatic rings. The van der Waals surface area contributed by atoms with Gasteiger partial charge in [0.1, 0.15) is 0 Å². The van der Waals surface area contributed by atoms with Crippen LogP contribution >= 0.6 is 21.6 Å². The maximum atomic E-state index is 3.95. The molecule has 2 heteroatoms. The molecule has 0 nitrogen and oxygen atoms in total. The van der Waals surface area contributed by atoms with Crippen LogP contribution in [-0.4, -0.2) is 0 Å². The van der Waals surface area contributed by atoms with Gasteiger partial charge in [0.25, 0.3) is 0 Å². The quantitative estimate of drug-likeness (QED) is 0.439. The van der Waals surface area contributed by atoms with Crippen LogP contribution in [0.2, 0.25) is 0 Å². The van der Waals surface area contributed by atoms with Crippen molar-refractivity contribution >= 4 is 21.6 Å². The first-order chi connectivity index (χ1) is 9.85. The minimum atomic E-state index is 0.298. The second-order valence-corrected chi connectivity index (χ2v) is 6.88. The molecule has 0 aromatic heterocycles. The third kappa shape index (κ3) is 4.06. The van der Waals surface area contributed by atoms with Crippen molar-refractivity contribution in [2.24, 2.45) is 0 Å². The molecule has 0 amide bonds. The lowest BCUT2D eigenvalue weighted by atomic mass is 10.1.